The molecule has 0 N–H and O–H groups in total. The monoisotopic (exact) mass is 416 g/mol. The van der Waals surface area contributed by atoms with Crippen molar-refractivity contribution in [2.75, 3.05) is 0 Å². The Labute approximate surface area is 180 Å². The summed E-state index contributed by atoms with van der Waals surface area (Å²) >= 11 is 5.68. The summed E-state index contributed by atoms with van der Waals surface area (Å²) in [4.78, 5) is 0. The van der Waals surface area contributed by atoms with Gasteiger partial charge in [0.25, 0.3) is 0 Å². The van der Waals surface area contributed by atoms with Crippen molar-refractivity contribution in [2.24, 2.45) is 0 Å². The molecule has 144 valence electrons. The van der Waals surface area contributed by atoms with Crippen molar-refractivity contribution >= 4 is 15.6 Å². The van der Waals surface area contributed by atoms with E-state index in [1.165, 1.54) is 16.7 Å². The summed E-state index contributed by atoms with van der Waals surface area (Å²) in [6.45, 7) is 0. The number of hydrogen-bond acceptors (Lipinski definition) is 0. The van der Waals surface area contributed by atoms with Crippen LogP contribution in [0.3, 0.4) is 0 Å². The Morgan fingerprint density at radius 1 is 0.483 bits per heavy atom. The third-order valence-electron chi connectivity index (χ3n) is 4.92. The third-order valence-corrected chi connectivity index (χ3v) is 5.46. The molecule has 4 aromatic carbocycles. The Bertz CT molecular complexity index is 1100. The van der Waals surface area contributed by atoms with Crippen molar-refractivity contribution in [3.8, 4) is 0 Å². The fourth-order valence-corrected chi connectivity index (χ4v) is 3.97. The molecular weight excluding hydrogens is 395 g/mol. The number of hydrogen-bond donors (Lipinski definition) is 0. The SMILES string of the molecule is [Ni]=[C](/C(=C(\Cc1ccccc1)c1ccccc1)c1ccccc1)c1ccccc1. The normalized spacial score (nSPS) is 11.7. The second kappa shape index (κ2) is 9.46. The molecule has 0 unspecified atom stereocenters. The number of benzene rings is 4. The topological polar surface area (TPSA) is 0 Å². The van der Waals surface area contributed by atoms with Gasteiger partial charge in [0.15, 0.2) is 0 Å². The molecule has 0 bridgehead atoms. The zero-order valence-corrected chi connectivity index (χ0v) is 17.1. The molecule has 1 heteroatoms. The van der Waals surface area contributed by atoms with Crippen LogP contribution in [0.1, 0.15) is 22.3 Å². The average molecular weight is 417 g/mol. The van der Waals surface area contributed by atoms with Gasteiger partial charge in [-0.25, -0.2) is 0 Å². The van der Waals surface area contributed by atoms with Gasteiger partial charge in [-0.1, -0.05) is 0 Å². The molecular formula is C28H22Ni. The van der Waals surface area contributed by atoms with Crippen LogP contribution in [0, 0.1) is 0 Å². The third kappa shape index (κ3) is 4.70. The molecule has 0 saturated heterocycles. The Morgan fingerprint density at radius 2 is 0.897 bits per heavy atom. The van der Waals surface area contributed by atoms with Crippen molar-refractivity contribution in [1.82, 2.24) is 0 Å². The van der Waals surface area contributed by atoms with Crippen LogP contribution < -0.4 is 0 Å². The van der Waals surface area contributed by atoms with Crippen LogP contribution >= 0.6 is 0 Å². The van der Waals surface area contributed by atoms with E-state index in [1.54, 1.807) is 0 Å². The van der Waals surface area contributed by atoms with Gasteiger partial charge in [0.1, 0.15) is 0 Å². The van der Waals surface area contributed by atoms with E-state index < -0.39 is 0 Å². The summed E-state index contributed by atoms with van der Waals surface area (Å²) in [6.07, 6.45) is 0.828. The van der Waals surface area contributed by atoms with Gasteiger partial charge >= 0.3 is 181 Å². The molecule has 0 amide bonds. The van der Waals surface area contributed by atoms with Crippen molar-refractivity contribution < 1.29 is 15.0 Å². The molecule has 0 fully saturated rings. The summed E-state index contributed by atoms with van der Waals surface area (Å²) in [7, 11) is 0. The number of allylic oxidation sites excluding steroid dienone is 2. The van der Waals surface area contributed by atoms with Crippen LogP contribution in [0.25, 0.3) is 11.1 Å². The first-order chi connectivity index (χ1) is 14.3. The molecule has 4 rings (SSSR count). The number of rotatable bonds is 6. The molecule has 0 spiro atoms. The van der Waals surface area contributed by atoms with Crippen LogP contribution in [0.2, 0.25) is 0 Å². The van der Waals surface area contributed by atoms with Gasteiger partial charge in [-0.05, 0) is 0 Å². The predicted molar refractivity (Wildman–Crippen MR) is 120 cm³/mol. The summed E-state index contributed by atoms with van der Waals surface area (Å²) < 4.78 is 0.923. The van der Waals surface area contributed by atoms with E-state index in [2.05, 4.69) is 115 Å². The second-order valence-electron chi connectivity index (χ2n) is 6.90. The second-order valence-corrected chi connectivity index (χ2v) is 7.39. The zero-order chi connectivity index (χ0) is 19.9. The summed E-state index contributed by atoms with van der Waals surface area (Å²) in [6, 6.07) is 42.1. The Hall–Kier alpha value is -3.02. The molecule has 0 aliphatic rings. The summed E-state index contributed by atoms with van der Waals surface area (Å²) in [5, 5.41) is 0. The van der Waals surface area contributed by atoms with Crippen LogP contribution in [0.5, 0.6) is 0 Å². The van der Waals surface area contributed by atoms with E-state index in [0.29, 0.717) is 0 Å². The Kier molecular flexibility index (Phi) is 6.30. The van der Waals surface area contributed by atoms with Gasteiger partial charge < -0.3 is 0 Å². The van der Waals surface area contributed by atoms with E-state index in [4.69, 9.17) is 15.0 Å². The van der Waals surface area contributed by atoms with E-state index in [1.807, 2.05) is 6.07 Å². The molecule has 0 atom stereocenters. The van der Waals surface area contributed by atoms with E-state index in [-0.39, 0.29) is 0 Å². The Balaban J connectivity index is 1.95. The molecule has 4 aromatic rings. The first-order valence-electron chi connectivity index (χ1n) is 9.76. The average Bonchev–Trinajstić information content (AvgIpc) is 2.81. The first-order valence-corrected chi connectivity index (χ1v) is 10.3. The maximum atomic E-state index is 5.68. The van der Waals surface area contributed by atoms with E-state index in [0.717, 1.165) is 27.6 Å². The Morgan fingerprint density at radius 3 is 1.41 bits per heavy atom. The molecule has 29 heavy (non-hydrogen) atoms. The molecule has 0 aromatic heterocycles. The molecule has 0 saturated carbocycles. The van der Waals surface area contributed by atoms with Gasteiger partial charge in [-0.15, -0.1) is 0 Å². The fraction of sp³-hybridized carbons (Fsp3) is 0.0357. The van der Waals surface area contributed by atoms with Crippen LogP contribution in [-0.4, -0.2) is 4.49 Å². The van der Waals surface area contributed by atoms with Crippen molar-refractivity contribution in [1.29, 1.82) is 0 Å². The van der Waals surface area contributed by atoms with Gasteiger partial charge in [0.2, 0.25) is 0 Å². The van der Waals surface area contributed by atoms with Gasteiger partial charge in [-0.2, -0.15) is 0 Å². The van der Waals surface area contributed by atoms with Gasteiger partial charge in [0.05, 0.1) is 0 Å². The van der Waals surface area contributed by atoms with Crippen LogP contribution in [0.15, 0.2) is 121 Å². The minimum absolute atomic E-state index is 0.828. The van der Waals surface area contributed by atoms with Crippen LogP contribution in [0.4, 0.5) is 0 Å². The van der Waals surface area contributed by atoms with Gasteiger partial charge in [0, 0.05) is 0 Å². The fourth-order valence-electron chi connectivity index (χ4n) is 3.51. The molecule has 0 heterocycles. The van der Waals surface area contributed by atoms with E-state index in [9.17, 15) is 0 Å². The zero-order valence-electron chi connectivity index (χ0n) is 16.1. The summed E-state index contributed by atoms with van der Waals surface area (Å²) in [5.41, 5.74) is 7.14. The quantitative estimate of drug-likeness (QED) is 0.245. The van der Waals surface area contributed by atoms with Crippen molar-refractivity contribution in [2.45, 2.75) is 6.42 Å². The molecule has 0 aliphatic heterocycles. The first kappa shape index (κ1) is 19.3. The van der Waals surface area contributed by atoms with Crippen molar-refractivity contribution in [3.63, 3.8) is 0 Å². The van der Waals surface area contributed by atoms with Crippen LogP contribution in [-0.2, 0) is 21.5 Å². The maximum absolute atomic E-state index is 5.68. The summed E-state index contributed by atoms with van der Waals surface area (Å²) in [5.74, 6) is 0. The van der Waals surface area contributed by atoms with Crippen molar-refractivity contribution in [3.05, 3.63) is 144 Å². The molecule has 0 radical (unpaired) electrons. The van der Waals surface area contributed by atoms with E-state index >= 15 is 0 Å². The predicted octanol–water partition coefficient (Wildman–Crippen LogP) is 6.61. The standard InChI is InChI=1S/C28H22.Ni/c1-5-13-23(14-6-1)21-27(25-17-9-3-10-18-25)28(26-19-11-4-12-20-26)22-24-15-7-2-8-16-24;/h1-20H,21H2;/b28-27-;. The minimum atomic E-state index is 0.828. The van der Waals surface area contributed by atoms with Gasteiger partial charge in [-0.3, -0.25) is 0 Å². The molecule has 0 nitrogen and oxygen atoms in total. The molecule has 0 aliphatic carbocycles.